The lowest BCUT2D eigenvalue weighted by Gasteiger charge is -2.51. The van der Waals surface area contributed by atoms with Crippen molar-refractivity contribution in [1.82, 2.24) is 0 Å². The van der Waals surface area contributed by atoms with Crippen LogP contribution in [0.1, 0.15) is 138 Å². The van der Waals surface area contributed by atoms with Crippen LogP contribution < -0.4 is 0 Å². The Morgan fingerprint density at radius 3 is 1.83 bits per heavy atom. The third-order valence-electron chi connectivity index (χ3n) is 14.4. The molecule has 13 atom stereocenters. The van der Waals surface area contributed by atoms with Gasteiger partial charge in [-0.3, -0.25) is 14.4 Å². The molecular formula is C55H80O14. The lowest BCUT2D eigenvalue weighted by molar-refractivity contribution is -0.338. The Morgan fingerprint density at radius 1 is 0.710 bits per heavy atom. The maximum atomic E-state index is 13.6. The van der Waals surface area contributed by atoms with Crippen LogP contribution in [0.3, 0.4) is 0 Å². The fraction of sp³-hybridized carbons (Fsp3) is 0.655. The SMILES string of the molecule is CO[C@@H]([C@H](O)CC(=O)[C@@H](C)[C@@H](O)CC[C@@H](C)[C@@H]1O[C@]2(CC[C@@H](C)[C@H](CC[C@H](C)C(C)=O)O2)CC[C@@H]1C)[C@H](OC(=O)C[C@@H](O)/C(C(=O)OCc1ccccc1)=C(\C)C(=O)OCc1ccccc1)C(C)C. The van der Waals surface area contributed by atoms with Crippen molar-refractivity contribution in [3.63, 3.8) is 0 Å². The molecule has 14 nitrogen and oxygen atoms in total. The molecule has 0 radical (unpaired) electrons. The molecule has 3 N–H and O–H groups in total. The van der Waals surface area contributed by atoms with E-state index in [2.05, 4.69) is 20.8 Å². The summed E-state index contributed by atoms with van der Waals surface area (Å²) in [6.07, 6.45) is -1.80. The predicted molar refractivity (Wildman–Crippen MR) is 259 cm³/mol. The van der Waals surface area contributed by atoms with Gasteiger partial charge < -0.3 is 43.7 Å². The average Bonchev–Trinajstić information content (AvgIpc) is 3.32. The van der Waals surface area contributed by atoms with Crippen molar-refractivity contribution in [2.24, 2.45) is 35.5 Å². The lowest BCUT2D eigenvalue weighted by atomic mass is 9.79. The van der Waals surface area contributed by atoms with Crippen LogP contribution >= 0.6 is 0 Å². The summed E-state index contributed by atoms with van der Waals surface area (Å²) in [5.74, 6) is -4.37. The molecule has 2 saturated heterocycles. The first kappa shape index (κ1) is 57.3. The molecule has 384 valence electrons. The molecule has 2 fully saturated rings. The second kappa shape index (κ2) is 27.3. The molecule has 0 saturated carbocycles. The Labute approximate surface area is 409 Å². The number of benzene rings is 2. The van der Waals surface area contributed by atoms with Crippen LogP contribution in [0.5, 0.6) is 0 Å². The van der Waals surface area contributed by atoms with Crippen LogP contribution in [0.2, 0.25) is 0 Å². The smallest absolute Gasteiger partial charge is 0.337 e. The zero-order valence-electron chi connectivity index (χ0n) is 42.6. The first-order valence-corrected chi connectivity index (χ1v) is 24.9. The summed E-state index contributed by atoms with van der Waals surface area (Å²) in [5.41, 5.74) is 0.627. The molecule has 0 aliphatic carbocycles. The number of Topliss-reactive ketones (excluding diaryl/α,β-unsaturated/α-hetero) is 2. The Bertz CT molecular complexity index is 1980. The van der Waals surface area contributed by atoms with Gasteiger partial charge in [0.1, 0.15) is 37.0 Å². The fourth-order valence-electron chi connectivity index (χ4n) is 9.43. The highest BCUT2D eigenvalue weighted by molar-refractivity contribution is 6.01. The molecule has 0 bridgehead atoms. The van der Waals surface area contributed by atoms with E-state index in [1.165, 1.54) is 14.0 Å². The molecule has 4 rings (SSSR count). The Morgan fingerprint density at radius 2 is 1.28 bits per heavy atom. The molecule has 14 heteroatoms. The van der Waals surface area contributed by atoms with E-state index in [1.54, 1.807) is 82.3 Å². The van der Waals surface area contributed by atoms with Crippen molar-refractivity contribution in [1.29, 1.82) is 0 Å². The van der Waals surface area contributed by atoms with Gasteiger partial charge in [0, 0.05) is 43.8 Å². The molecule has 0 aromatic heterocycles. The van der Waals surface area contributed by atoms with Crippen LogP contribution in [0, 0.1) is 35.5 Å². The number of carbonyl (C=O) groups is 5. The van der Waals surface area contributed by atoms with Gasteiger partial charge >= 0.3 is 17.9 Å². The highest BCUT2D eigenvalue weighted by Gasteiger charge is 2.48. The van der Waals surface area contributed by atoms with Crippen LogP contribution in [-0.4, -0.2) is 100 Å². The van der Waals surface area contributed by atoms with Crippen molar-refractivity contribution >= 4 is 29.5 Å². The van der Waals surface area contributed by atoms with Crippen LogP contribution in [0.25, 0.3) is 0 Å². The Balaban J connectivity index is 1.35. The van der Waals surface area contributed by atoms with Gasteiger partial charge in [-0.05, 0) is 87.2 Å². The second-order valence-corrected chi connectivity index (χ2v) is 20.2. The quantitative estimate of drug-likeness (QED) is 0.0463. The molecule has 0 unspecified atom stereocenters. The molecule has 69 heavy (non-hydrogen) atoms. The number of methoxy groups -OCH3 is 1. The minimum Gasteiger partial charge on any atom is -0.459 e. The Kier molecular flexibility index (Phi) is 22.7. The number of esters is 3. The summed E-state index contributed by atoms with van der Waals surface area (Å²) >= 11 is 0. The van der Waals surface area contributed by atoms with Crippen molar-refractivity contribution in [2.45, 2.75) is 188 Å². The molecule has 2 aliphatic rings. The number of aliphatic hydroxyl groups is 3. The summed E-state index contributed by atoms with van der Waals surface area (Å²) in [6, 6.07) is 17.7. The predicted octanol–water partition coefficient (Wildman–Crippen LogP) is 8.19. The zero-order chi connectivity index (χ0) is 51.0. The fourth-order valence-corrected chi connectivity index (χ4v) is 9.43. The third-order valence-corrected chi connectivity index (χ3v) is 14.4. The lowest BCUT2D eigenvalue weighted by Crippen LogP contribution is -2.53. The van der Waals surface area contributed by atoms with Crippen molar-refractivity contribution in [2.75, 3.05) is 7.11 Å². The number of ether oxygens (including phenoxy) is 6. The zero-order valence-corrected chi connectivity index (χ0v) is 42.6. The summed E-state index contributed by atoms with van der Waals surface area (Å²) in [6.45, 7) is 16.2. The topological polar surface area (TPSA) is 201 Å². The van der Waals surface area contributed by atoms with E-state index in [-0.39, 0.29) is 54.5 Å². The number of aliphatic hydroxyl groups excluding tert-OH is 3. The van der Waals surface area contributed by atoms with E-state index in [0.717, 1.165) is 38.5 Å². The molecule has 2 aliphatic heterocycles. The third kappa shape index (κ3) is 16.9. The number of rotatable bonds is 26. The minimum atomic E-state index is -1.85. The number of ketones is 2. The molecule has 2 aromatic rings. The molecule has 1 spiro atoms. The first-order valence-electron chi connectivity index (χ1n) is 24.9. The van der Waals surface area contributed by atoms with Gasteiger partial charge in [-0.15, -0.1) is 0 Å². The van der Waals surface area contributed by atoms with E-state index < -0.39 is 90.2 Å². The van der Waals surface area contributed by atoms with Crippen molar-refractivity contribution < 1.29 is 67.7 Å². The van der Waals surface area contributed by atoms with Gasteiger partial charge in [0.2, 0.25) is 0 Å². The van der Waals surface area contributed by atoms with E-state index in [0.29, 0.717) is 29.9 Å². The highest BCUT2D eigenvalue weighted by atomic mass is 16.7. The van der Waals surface area contributed by atoms with Gasteiger partial charge in [0.15, 0.2) is 5.79 Å². The van der Waals surface area contributed by atoms with Crippen molar-refractivity contribution in [3.05, 3.63) is 82.9 Å². The van der Waals surface area contributed by atoms with Crippen molar-refractivity contribution in [3.8, 4) is 0 Å². The number of hydrogen-bond acceptors (Lipinski definition) is 14. The molecular weight excluding hydrogens is 885 g/mol. The van der Waals surface area contributed by atoms with E-state index in [9.17, 15) is 39.3 Å². The van der Waals surface area contributed by atoms with Crippen LogP contribution in [0.4, 0.5) is 0 Å². The van der Waals surface area contributed by atoms with Crippen LogP contribution in [-0.2, 0) is 65.6 Å². The molecule has 2 aromatic carbocycles. The minimum absolute atomic E-state index is 0.0103. The highest BCUT2D eigenvalue weighted by Crippen LogP contribution is 2.46. The molecule has 2 heterocycles. The normalized spacial score (nSPS) is 24.4. The van der Waals surface area contributed by atoms with Gasteiger partial charge in [0.05, 0.1) is 42.5 Å². The maximum Gasteiger partial charge on any atom is 0.337 e. The Hall–Kier alpha value is -4.31. The molecule has 0 amide bonds. The summed E-state index contributed by atoms with van der Waals surface area (Å²) < 4.78 is 36.0. The first-order chi connectivity index (χ1) is 32.7. The van der Waals surface area contributed by atoms with Gasteiger partial charge in [-0.2, -0.15) is 0 Å². The summed E-state index contributed by atoms with van der Waals surface area (Å²) in [7, 11) is 1.32. The second-order valence-electron chi connectivity index (χ2n) is 20.2. The number of hydrogen-bond donors (Lipinski definition) is 3. The maximum absolute atomic E-state index is 13.6. The summed E-state index contributed by atoms with van der Waals surface area (Å²) in [5, 5.41) is 34.1. The van der Waals surface area contributed by atoms with E-state index in [4.69, 9.17) is 28.4 Å². The van der Waals surface area contributed by atoms with Gasteiger partial charge in [0.25, 0.3) is 0 Å². The number of carbonyl (C=O) groups excluding carboxylic acids is 5. The van der Waals surface area contributed by atoms with E-state index in [1.807, 2.05) is 13.0 Å². The standard InChI is InChI=1S/C55H80O14/c1-33(2)50(67-48(61)30-45(59)49(54(63)66-32-42-19-15-12-16-20-42)39(8)53(62)65-31-41-17-13-11-14-18-41)52(64-10)46(60)29-44(58)38(7)43(57)23-21-36(5)51-37(6)26-28-55(69-51)27-25-35(4)47(68-55)24-22-34(3)40(9)56/h11-20,33-38,43,45-47,50-52,57,59-60H,21-32H2,1-10H3/b49-39-/t34-,35+,36+,37-,38-,43-,45+,46+,47-,50+,51-,52-,55+/m0/s1. The average molecular weight is 965 g/mol. The van der Waals surface area contributed by atoms with Gasteiger partial charge in [-0.1, -0.05) is 109 Å². The summed E-state index contributed by atoms with van der Waals surface area (Å²) in [4.78, 5) is 65.8. The van der Waals surface area contributed by atoms with Gasteiger partial charge in [-0.25, -0.2) is 9.59 Å². The monoisotopic (exact) mass is 965 g/mol. The van der Waals surface area contributed by atoms with E-state index >= 15 is 0 Å². The largest absolute Gasteiger partial charge is 0.459 e. The van der Waals surface area contributed by atoms with Crippen LogP contribution in [0.15, 0.2) is 71.8 Å².